The first-order valence-electron chi connectivity index (χ1n) is 4.13. The molecule has 0 aliphatic carbocycles. The highest BCUT2D eigenvalue weighted by molar-refractivity contribution is 5.81. The summed E-state index contributed by atoms with van der Waals surface area (Å²) in [6.07, 6.45) is 1.43. The SMILES string of the molecule is Cc1cc(C)c2c(=O)[nH]cnc2c1. The van der Waals surface area contributed by atoms with E-state index in [1.165, 1.54) is 6.33 Å². The molecule has 0 radical (unpaired) electrons. The highest BCUT2D eigenvalue weighted by Gasteiger charge is 2.02. The van der Waals surface area contributed by atoms with Gasteiger partial charge in [-0.15, -0.1) is 0 Å². The summed E-state index contributed by atoms with van der Waals surface area (Å²) >= 11 is 0. The van der Waals surface area contributed by atoms with Crippen molar-refractivity contribution in [2.24, 2.45) is 0 Å². The molecule has 1 heterocycles. The first kappa shape index (κ1) is 7.98. The zero-order valence-corrected chi connectivity index (χ0v) is 7.59. The third-order valence-corrected chi connectivity index (χ3v) is 2.09. The van der Waals surface area contributed by atoms with Crippen molar-refractivity contribution < 1.29 is 0 Å². The lowest BCUT2D eigenvalue weighted by Crippen LogP contribution is -2.07. The Morgan fingerprint density at radius 2 is 2.08 bits per heavy atom. The Morgan fingerprint density at radius 3 is 2.85 bits per heavy atom. The molecule has 1 aromatic carbocycles. The first-order chi connectivity index (χ1) is 6.18. The predicted molar refractivity (Wildman–Crippen MR) is 51.8 cm³/mol. The summed E-state index contributed by atoms with van der Waals surface area (Å²) in [5.74, 6) is 0. The molecule has 1 N–H and O–H groups in total. The highest BCUT2D eigenvalue weighted by atomic mass is 16.1. The van der Waals surface area contributed by atoms with Gasteiger partial charge in [-0.3, -0.25) is 4.79 Å². The number of aromatic amines is 1. The molecule has 0 saturated carbocycles. The second-order valence-electron chi connectivity index (χ2n) is 3.21. The van der Waals surface area contributed by atoms with Crippen molar-refractivity contribution in [3.05, 3.63) is 39.9 Å². The Bertz CT molecular complexity index is 514. The van der Waals surface area contributed by atoms with Gasteiger partial charge in [0.05, 0.1) is 17.2 Å². The maximum atomic E-state index is 11.4. The smallest absolute Gasteiger partial charge is 0.258 e. The van der Waals surface area contributed by atoms with Crippen LogP contribution in [0.25, 0.3) is 10.9 Å². The second-order valence-corrected chi connectivity index (χ2v) is 3.21. The van der Waals surface area contributed by atoms with Crippen molar-refractivity contribution in [3.8, 4) is 0 Å². The number of rotatable bonds is 0. The highest BCUT2D eigenvalue weighted by Crippen LogP contribution is 2.13. The number of benzene rings is 1. The van der Waals surface area contributed by atoms with E-state index in [0.717, 1.165) is 16.6 Å². The van der Waals surface area contributed by atoms with Gasteiger partial charge in [0.1, 0.15) is 0 Å². The average molecular weight is 174 g/mol. The van der Waals surface area contributed by atoms with E-state index in [1.807, 2.05) is 26.0 Å². The third-order valence-electron chi connectivity index (χ3n) is 2.09. The van der Waals surface area contributed by atoms with E-state index in [0.29, 0.717) is 5.39 Å². The van der Waals surface area contributed by atoms with Crippen molar-refractivity contribution in [3.63, 3.8) is 0 Å². The number of hydrogen-bond donors (Lipinski definition) is 1. The van der Waals surface area contributed by atoms with Gasteiger partial charge >= 0.3 is 0 Å². The molecule has 0 atom stereocenters. The van der Waals surface area contributed by atoms with E-state index < -0.39 is 0 Å². The third kappa shape index (κ3) is 1.22. The predicted octanol–water partition coefficient (Wildman–Crippen LogP) is 1.54. The van der Waals surface area contributed by atoms with E-state index >= 15 is 0 Å². The van der Waals surface area contributed by atoms with Gasteiger partial charge in [-0.25, -0.2) is 4.98 Å². The number of hydrogen-bond acceptors (Lipinski definition) is 2. The summed E-state index contributed by atoms with van der Waals surface area (Å²) in [7, 11) is 0. The normalized spacial score (nSPS) is 10.6. The van der Waals surface area contributed by atoms with Gasteiger partial charge in [0.25, 0.3) is 5.56 Å². The molecule has 1 aromatic heterocycles. The summed E-state index contributed by atoms with van der Waals surface area (Å²) in [5.41, 5.74) is 2.80. The van der Waals surface area contributed by atoms with Gasteiger partial charge in [0, 0.05) is 0 Å². The van der Waals surface area contributed by atoms with Crippen molar-refractivity contribution in [2.45, 2.75) is 13.8 Å². The van der Waals surface area contributed by atoms with Gasteiger partial charge in [-0.1, -0.05) is 6.07 Å². The van der Waals surface area contributed by atoms with E-state index in [-0.39, 0.29) is 5.56 Å². The molecule has 66 valence electrons. The molecule has 3 heteroatoms. The number of aryl methyl sites for hydroxylation is 2. The van der Waals surface area contributed by atoms with Gasteiger partial charge in [0.2, 0.25) is 0 Å². The van der Waals surface area contributed by atoms with E-state index in [1.54, 1.807) is 0 Å². The van der Waals surface area contributed by atoms with Crippen LogP contribution in [0.5, 0.6) is 0 Å². The Hall–Kier alpha value is -1.64. The van der Waals surface area contributed by atoms with Crippen molar-refractivity contribution >= 4 is 10.9 Å². The molecule has 0 spiro atoms. The van der Waals surface area contributed by atoms with Crippen LogP contribution in [0.15, 0.2) is 23.3 Å². The summed E-state index contributed by atoms with van der Waals surface area (Å²) in [6, 6.07) is 3.90. The van der Waals surface area contributed by atoms with Crippen LogP contribution in [0, 0.1) is 13.8 Å². The maximum absolute atomic E-state index is 11.4. The lowest BCUT2D eigenvalue weighted by Gasteiger charge is -2.00. The number of fused-ring (bicyclic) bond motifs is 1. The van der Waals surface area contributed by atoms with Gasteiger partial charge in [-0.05, 0) is 31.0 Å². The maximum Gasteiger partial charge on any atom is 0.258 e. The molecule has 0 saturated heterocycles. The molecular formula is C10H10N2O. The molecule has 0 amide bonds. The molecule has 0 aliphatic heterocycles. The quantitative estimate of drug-likeness (QED) is 0.658. The molecule has 3 nitrogen and oxygen atoms in total. The fraction of sp³-hybridized carbons (Fsp3) is 0.200. The number of H-pyrrole nitrogens is 1. The number of aromatic nitrogens is 2. The van der Waals surface area contributed by atoms with Crippen LogP contribution < -0.4 is 5.56 Å². The second kappa shape index (κ2) is 2.69. The van der Waals surface area contributed by atoms with Crippen LogP contribution in [0.4, 0.5) is 0 Å². The molecular weight excluding hydrogens is 164 g/mol. The first-order valence-corrected chi connectivity index (χ1v) is 4.13. The number of nitrogens with zero attached hydrogens (tertiary/aromatic N) is 1. The molecule has 0 aliphatic rings. The number of nitrogens with one attached hydrogen (secondary N) is 1. The van der Waals surface area contributed by atoms with Crippen molar-refractivity contribution in [2.75, 3.05) is 0 Å². The molecule has 0 unspecified atom stereocenters. The lowest BCUT2D eigenvalue weighted by atomic mass is 10.1. The van der Waals surface area contributed by atoms with Crippen molar-refractivity contribution in [1.29, 1.82) is 0 Å². The minimum absolute atomic E-state index is 0.0671. The average Bonchev–Trinajstić information content (AvgIpc) is 2.02. The minimum atomic E-state index is -0.0671. The molecule has 2 rings (SSSR count). The minimum Gasteiger partial charge on any atom is -0.313 e. The Kier molecular flexibility index (Phi) is 1.65. The Balaban J connectivity index is 3.03. The summed E-state index contributed by atoms with van der Waals surface area (Å²) in [4.78, 5) is 18.1. The lowest BCUT2D eigenvalue weighted by molar-refractivity contribution is 1.16. The van der Waals surface area contributed by atoms with Gasteiger partial charge in [0.15, 0.2) is 0 Å². The van der Waals surface area contributed by atoms with Gasteiger partial charge in [-0.2, -0.15) is 0 Å². The molecule has 2 aromatic rings. The summed E-state index contributed by atoms with van der Waals surface area (Å²) in [6.45, 7) is 3.92. The van der Waals surface area contributed by atoms with E-state index in [2.05, 4.69) is 9.97 Å². The van der Waals surface area contributed by atoms with Gasteiger partial charge < -0.3 is 4.98 Å². The largest absolute Gasteiger partial charge is 0.313 e. The zero-order valence-electron chi connectivity index (χ0n) is 7.59. The molecule has 13 heavy (non-hydrogen) atoms. The molecule has 0 bridgehead atoms. The summed E-state index contributed by atoms with van der Waals surface area (Å²) < 4.78 is 0. The Labute approximate surface area is 75.4 Å². The van der Waals surface area contributed by atoms with Crippen LogP contribution >= 0.6 is 0 Å². The van der Waals surface area contributed by atoms with Crippen LogP contribution in [0.1, 0.15) is 11.1 Å². The van der Waals surface area contributed by atoms with Crippen LogP contribution in [0.3, 0.4) is 0 Å². The Morgan fingerprint density at radius 1 is 1.31 bits per heavy atom. The fourth-order valence-electron chi connectivity index (χ4n) is 1.58. The topological polar surface area (TPSA) is 45.8 Å². The van der Waals surface area contributed by atoms with E-state index in [9.17, 15) is 4.79 Å². The standard InChI is InChI=1S/C10H10N2O/c1-6-3-7(2)9-8(4-6)11-5-12-10(9)13/h3-5H,1-2H3,(H,11,12,13). The van der Waals surface area contributed by atoms with Crippen LogP contribution in [-0.4, -0.2) is 9.97 Å². The van der Waals surface area contributed by atoms with Crippen LogP contribution in [-0.2, 0) is 0 Å². The fourth-order valence-corrected chi connectivity index (χ4v) is 1.58. The monoisotopic (exact) mass is 174 g/mol. The van der Waals surface area contributed by atoms with Crippen LogP contribution in [0.2, 0.25) is 0 Å². The van der Waals surface area contributed by atoms with Crippen molar-refractivity contribution in [1.82, 2.24) is 9.97 Å². The van der Waals surface area contributed by atoms with E-state index in [4.69, 9.17) is 0 Å². The molecule has 0 fully saturated rings. The summed E-state index contributed by atoms with van der Waals surface area (Å²) in [5, 5.41) is 0.688. The zero-order chi connectivity index (χ0) is 9.42.